The topological polar surface area (TPSA) is 49.6 Å². The van der Waals surface area contributed by atoms with Crippen LogP contribution < -0.4 is 0 Å². The number of aryl methyl sites for hydroxylation is 1. The maximum absolute atomic E-state index is 8.70. The molecule has 1 heterocycles. The molecule has 0 aliphatic rings. The van der Waals surface area contributed by atoms with Crippen molar-refractivity contribution in [2.24, 2.45) is 0 Å². The largest absolute Gasteiger partial charge is 0.191 e. The third-order valence-electron chi connectivity index (χ3n) is 1.96. The van der Waals surface area contributed by atoms with Crippen LogP contribution in [0, 0.1) is 18.3 Å². The number of hydrogen-bond donors (Lipinski definition) is 0. The summed E-state index contributed by atoms with van der Waals surface area (Å²) in [5.41, 5.74) is 1.98. The molecule has 1 aromatic heterocycles. The van der Waals surface area contributed by atoms with Crippen LogP contribution in [0.1, 0.15) is 11.3 Å². The second-order valence-corrected chi connectivity index (χ2v) is 3.37. The Morgan fingerprint density at radius 1 is 1.36 bits per heavy atom. The van der Waals surface area contributed by atoms with E-state index in [2.05, 4.69) is 10.2 Å². The van der Waals surface area contributed by atoms with E-state index in [0.717, 1.165) is 10.9 Å². The third-order valence-corrected chi connectivity index (χ3v) is 2.34. The molecule has 68 valence electrons. The fourth-order valence-corrected chi connectivity index (χ4v) is 1.50. The number of nitrogens with zero attached hydrogens (tertiary/aromatic N) is 3. The van der Waals surface area contributed by atoms with Gasteiger partial charge in [-0.05, 0) is 18.6 Å². The molecule has 2 aromatic rings. The van der Waals surface area contributed by atoms with E-state index >= 15 is 0 Å². The summed E-state index contributed by atoms with van der Waals surface area (Å²) in [5, 5.41) is 17.5. The van der Waals surface area contributed by atoms with Crippen molar-refractivity contribution in [2.75, 3.05) is 0 Å². The molecule has 2 rings (SSSR count). The summed E-state index contributed by atoms with van der Waals surface area (Å²) >= 11 is 5.97. The lowest BCUT2D eigenvalue weighted by Gasteiger charge is -2.00. The summed E-state index contributed by atoms with van der Waals surface area (Å²) in [6, 6.07) is 7.56. The van der Waals surface area contributed by atoms with Crippen LogP contribution in [0.4, 0.5) is 0 Å². The van der Waals surface area contributed by atoms with Gasteiger partial charge in [-0.1, -0.05) is 23.7 Å². The van der Waals surface area contributed by atoms with Crippen LogP contribution in [0.25, 0.3) is 10.9 Å². The Balaban J connectivity index is 2.85. The number of halogens is 1. The molecule has 0 fully saturated rings. The Labute approximate surface area is 85.9 Å². The normalized spacial score (nSPS) is 10.1. The zero-order chi connectivity index (χ0) is 10.1. The molecule has 0 amide bonds. The molecule has 0 bridgehead atoms. The molecule has 0 radical (unpaired) electrons. The van der Waals surface area contributed by atoms with E-state index < -0.39 is 0 Å². The molecule has 0 N–H and O–H groups in total. The second kappa shape index (κ2) is 3.24. The highest BCUT2D eigenvalue weighted by Crippen LogP contribution is 2.23. The molecular weight excluding hydrogens is 198 g/mol. The van der Waals surface area contributed by atoms with Crippen molar-refractivity contribution in [1.82, 2.24) is 10.2 Å². The lowest BCUT2D eigenvalue weighted by molar-refractivity contribution is 1.05. The Morgan fingerprint density at radius 2 is 2.14 bits per heavy atom. The Kier molecular flexibility index (Phi) is 2.06. The van der Waals surface area contributed by atoms with Crippen LogP contribution in [-0.4, -0.2) is 10.2 Å². The molecule has 14 heavy (non-hydrogen) atoms. The van der Waals surface area contributed by atoms with E-state index in [1.165, 1.54) is 0 Å². The first kappa shape index (κ1) is 8.92. The zero-order valence-corrected chi connectivity index (χ0v) is 8.21. The van der Waals surface area contributed by atoms with Crippen molar-refractivity contribution in [3.8, 4) is 6.07 Å². The number of nitriles is 1. The van der Waals surface area contributed by atoms with Gasteiger partial charge in [0.15, 0.2) is 5.69 Å². The number of fused-ring (bicyclic) bond motifs is 1. The van der Waals surface area contributed by atoms with Crippen molar-refractivity contribution in [3.63, 3.8) is 0 Å². The highest BCUT2D eigenvalue weighted by Gasteiger charge is 2.07. The van der Waals surface area contributed by atoms with Gasteiger partial charge >= 0.3 is 0 Å². The van der Waals surface area contributed by atoms with Gasteiger partial charge in [-0.25, -0.2) is 0 Å². The van der Waals surface area contributed by atoms with Gasteiger partial charge < -0.3 is 0 Å². The predicted molar refractivity (Wildman–Crippen MR) is 54.0 cm³/mol. The van der Waals surface area contributed by atoms with E-state index in [0.29, 0.717) is 10.5 Å². The first-order valence-corrected chi connectivity index (χ1v) is 4.43. The van der Waals surface area contributed by atoms with Gasteiger partial charge in [0.25, 0.3) is 0 Å². The van der Waals surface area contributed by atoms with Crippen molar-refractivity contribution >= 4 is 22.5 Å². The third kappa shape index (κ3) is 1.30. The molecule has 4 heteroatoms. The lowest BCUT2D eigenvalue weighted by Crippen LogP contribution is -1.91. The molecule has 3 nitrogen and oxygen atoms in total. The van der Waals surface area contributed by atoms with E-state index in [1.54, 1.807) is 0 Å². The van der Waals surface area contributed by atoms with Crippen LogP contribution in [0.2, 0.25) is 5.02 Å². The smallest absolute Gasteiger partial charge is 0.182 e. The fourth-order valence-electron chi connectivity index (χ4n) is 1.26. The first-order chi connectivity index (χ1) is 6.72. The summed E-state index contributed by atoms with van der Waals surface area (Å²) in [7, 11) is 0. The molecular formula is C10H6ClN3. The molecule has 0 atom stereocenters. The van der Waals surface area contributed by atoms with Crippen LogP contribution in [0.5, 0.6) is 0 Å². The molecule has 0 aliphatic carbocycles. The van der Waals surface area contributed by atoms with Crippen molar-refractivity contribution in [1.29, 1.82) is 5.26 Å². The Morgan fingerprint density at radius 3 is 2.86 bits per heavy atom. The maximum atomic E-state index is 8.70. The average Bonchev–Trinajstić information content (AvgIpc) is 2.18. The number of aromatic nitrogens is 2. The highest BCUT2D eigenvalue weighted by molar-refractivity contribution is 6.36. The summed E-state index contributed by atoms with van der Waals surface area (Å²) in [6.07, 6.45) is 0. The van der Waals surface area contributed by atoms with Gasteiger partial charge in [-0.15, -0.1) is 10.2 Å². The standard InChI is InChI=1S/C10H6ClN3/c1-6-2-3-7-8(4-6)13-14-9(5-12)10(7)11/h2-4H,1H3. The van der Waals surface area contributed by atoms with E-state index in [4.69, 9.17) is 16.9 Å². The minimum atomic E-state index is 0.169. The van der Waals surface area contributed by atoms with Gasteiger partial charge in [-0.3, -0.25) is 0 Å². The average molecular weight is 204 g/mol. The Bertz CT molecular complexity index is 543. The highest BCUT2D eigenvalue weighted by atomic mass is 35.5. The minimum absolute atomic E-state index is 0.169. The van der Waals surface area contributed by atoms with Crippen LogP contribution in [-0.2, 0) is 0 Å². The summed E-state index contributed by atoms with van der Waals surface area (Å²) in [6.45, 7) is 1.97. The van der Waals surface area contributed by atoms with Crippen LogP contribution in [0.15, 0.2) is 18.2 Å². The fraction of sp³-hybridized carbons (Fsp3) is 0.100. The van der Waals surface area contributed by atoms with Gasteiger partial charge in [0.05, 0.1) is 10.5 Å². The van der Waals surface area contributed by atoms with E-state index in [-0.39, 0.29) is 5.69 Å². The van der Waals surface area contributed by atoms with Crippen molar-refractivity contribution < 1.29 is 0 Å². The minimum Gasteiger partial charge on any atom is -0.191 e. The van der Waals surface area contributed by atoms with E-state index in [9.17, 15) is 0 Å². The molecule has 0 spiro atoms. The number of benzene rings is 1. The summed E-state index contributed by atoms with van der Waals surface area (Å²) in [4.78, 5) is 0. The predicted octanol–water partition coefficient (Wildman–Crippen LogP) is 2.46. The second-order valence-electron chi connectivity index (χ2n) is 2.99. The molecule has 1 aromatic carbocycles. The molecule has 0 saturated heterocycles. The first-order valence-electron chi connectivity index (χ1n) is 4.05. The Hall–Kier alpha value is -1.66. The molecule has 0 saturated carbocycles. The summed E-state index contributed by atoms with van der Waals surface area (Å²) < 4.78 is 0. The van der Waals surface area contributed by atoms with Crippen LogP contribution in [0.3, 0.4) is 0 Å². The van der Waals surface area contributed by atoms with Gasteiger partial charge in [0, 0.05) is 5.39 Å². The van der Waals surface area contributed by atoms with Gasteiger partial charge in [0.2, 0.25) is 0 Å². The van der Waals surface area contributed by atoms with Crippen molar-refractivity contribution in [2.45, 2.75) is 6.92 Å². The van der Waals surface area contributed by atoms with Gasteiger partial charge in [-0.2, -0.15) is 5.26 Å². The van der Waals surface area contributed by atoms with Crippen molar-refractivity contribution in [3.05, 3.63) is 34.5 Å². The van der Waals surface area contributed by atoms with Crippen LogP contribution >= 0.6 is 11.6 Å². The zero-order valence-electron chi connectivity index (χ0n) is 7.45. The molecule has 0 aliphatic heterocycles. The number of rotatable bonds is 0. The quantitative estimate of drug-likeness (QED) is 0.661. The van der Waals surface area contributed by atoms with Gasteiger partial charge in [0.1, 0.15) is 6.07 Å². The van der Waals surface area contributed by atoms with E-state index in [1.807, 2.05) is 31.2 Å². The lowest BCUT2D eigenvalue weighted by atomic mass is 10.1. The SMILES string of the molecule is Cc1ccc2c(Cl)c(C#N)nnc2c1. The monoisotopic (exact) mass is 203 g/mol. The molecule has 0 unspecified atom stereocenters. The maximum Gasteiger partial charge on any atom is 0.182 e. The summed E-state index contributed by atoms with van der Waals surface area (Å²) in [5.74, 6) is 0. The number of hydrogen-bond acceptors (Lipinski definition) is 3.